The zero-order chi connectivity index (χ0) is 14.1. The van der Waals surface area contributed by atoms with Gasteiger partial charge in [0.2, 0.25) is 10.0 Å². The molecule has 2 N–H and O–H groups in total. The third-order valence-corrected chi connectivity index (χ3v) is 4.98. The second kappa shape index (κ2) is 5.36. The number of hydrogen-bond donors (Lipinski definition) is 2. The summed E-state index contributed by atoms with van der Waals surface area (Å²) in [7, 11) is -3.98. The normalized spacial score (nSPS) is 18.7. The highest BCUT2D eigenvalue weighted by Crippen LogP contribution is 2.29. The summed E-state index contributed by atoms with van der Waals surface area (Å²) in [5.74, 6) is -0.904. The van der Waals surface area contributed by atoms with Crippen LogP contribution in [-0.2, 0) is 10.0 Å². The van der Waals surface area contributed by atoms with Crippen molar-refractivity contribution in [2.75, 3.05) is 6.54 Å². The van der Waals surface area contributed by atoms with Gasteiger partial charge in [0.1, 0.15) is 10.7 Å². The SMILES string of the molecule is O=S(=O)(NCC1(O)CCCC1)c1ccc(Cl)cc1F. The highest BCUT2D eigenvalue weighted by Gasteiger charge is 2.33. The van der Waals surface area contributed by atoms with Crippen LogP contribution in [-0.4, -0.2) is 25.7 Å². The van der Waals surface area contributed by atoms with Crippen LogP contribution in [0.15, 0.2) is 23.1 Å². The fraction of sp³-hybridized carbons (Fsp3) is 0.500. The molecule has 2 rings (SSSR count). The van der Waals surface area contributed by atoms with Gasteiger partial charge in [0.05, 0.1) is 5.60 Å². The Labute approximate surface area is 116 Å². The molecule has 7 heteroatoms. The van der Waals surface area contributed by atoms with E-state index in [0.717, 1.165) is 25.0 Å². The van der Waals surface area contributed by atoms with E-state index in [2.05, 4.69) is 4.72 Å². The number of benzene rings is 1. The molecule has 1 fully saturated rings. The maximum Gasteiger partial charge on any atom is 0.243 e. The van der Waals surface area contributed by atoms with E-state index in [1.807, 2.05) is 0 Å². The summed E-state index contributed by atoms with van der Waals surface area (Å²) in [5, 5.41) is 10.2. The first-order chi connectivity index (χ1) is 8.82. The topological polar surface area (TPSA) is 66.4 Å². The lowest BCUT2D eigenvalue weighted by Gasteiger charge is -2.22. The molecule has 1 aliphatic rings. The molecule has 0 amide bonds. The maximum atomic E-state index is 13.6. The van der Waals surface area contributed by atoms with Crippen LogP contribution in [0.4, 0.5) is 4.39 Å². The molecule has 0 aliphatic heterocycles. The van der Waals surface area contributed by atoms with E-state index in [9.17, 15) is 17.9 Å². The molecule has 1 aromatic rings. The molecule has 1 aromatic carbocycles. The van der Waals surface area contributed by atoms with Crippen molar-refractivity contribution in [1.29, 1.82) is 0 Å². The first kappa shape index (κ1) is 14.7. The number of aliphatic hydroxyl groups is 1. The van der Waals surface area contributed by atoms with Crippen molar-refractivity contribution in [1.82, 2.24) is 4.72 Å². The molecule has 4 nitrogen and oxygen atoms in total. The number of rotatable bonds is 4. The zero-order valence-electron chi connectivity index (χ0n) is 10.2. The van der Waals surface area contributed by atoms with E-state index in [-0.39, 0.29) is 11.6 Å². The second-order valence-corrected chi connectivity index (χ2v) is 7.00. The van der Waals surface area contributed by atoms with E-state index in [1.165, 1.54) is 6.07 Å². The molecule has 1 aliphatic carbocycles. The maximum absolute atomic E-state index is 13.6. The molecule has 0 spiro atoms. The van der Waals surface area contributed by atoms with E-state index in [0.29, 0.717) is 12.8 Å². The van der Waals surface area contributed by atoms with E-state index >= 15 is 0 Å². The Bertz CT molecular complexity index is 570. The van der Waals surface area contributed by atoms with Gasteiger partial charge in [0.25, 0.3) is 0 Å². The molecule has 0 atom stereocenters. The molecule has 0 heterocycles. The number of halogens is 2. The van der Waals surface area contributed by atoms with Gasteiger partial charge in [-0.1, -0.05) is 24.4 Å². The molecule has 0 aromatic heterocycles. The molecular weight excluding hydrogens is 293 g/mol. The largest absolute Gasteiger partial charge is 0.389 e. The lowest BCUT2D eigenvalue weighted by molar-refractivity contribution is 0.0531. The van der Waals surface area contributed by atoms with Gasteiger partial charge in [-0.2, -0.15) is 0 Å². The van der Waals surface area contributed by atoms with Gasteiger partial charge < -0.3 is 5.11 Å². The standard InChI is InChI=1S/C12H15ClFNO3S/c13-9-3-4-11(10(14)7-9)19(17,18)15-8-12(16)5-1-2-6-12/h3-4,7,15-16H,1-2,5-6,8H2. The van der Waals surface area contributed by atoms with Crippen molar-refractivity contribution in [3.63, 3.8) is 0 Å². The number of hydrogen-bond acceptors (Lipinski definition) is 3. The van der Waals surface area contributed by atoms with Crippen molar-refractivity contribution in [3.8, 4) is 0 Å². The van der Waals surface area contributed by atoms with Crippen LogP contribution in [0.2, 0.25) is 5.02 Å². The third kappa shape index (κ3) is 3.45. The van der Waals surface area contributed by atoms with Crippen LogP contribution in [0.1, 0.15) is 25.7 Å². The smallest absolute Gasteiger partial charge is 0.243 e. The fourth-order valence-corrected chi connectivity index (χ4v) is 3.55. The summed E-state index contributed by atoms with van der Waals surface area (Å²) in [5.41, 5.74) is -1.02. The van der Waals surface area contributed by atoms with Crippen molar-refractivity contribution >= 4 is 21.6 Å². The summed E-state index contributed by atoms with van der Waals surface area (Å²) < 4.78 is 39.7. The molecular formula is C12H15ClFNO3S. The van der Waals surface area contributed by atoms with Gasteiger partial charge >= 0.3 is 0 Å². The van der Waals surface area contributed by atoms with Crippen LogP contribution >= 0.6 is 11.6 Å². The Hall–Kier alpha value is -0.690. The highest BCUT2D eigenvalue weighted by molar-refractivity contribution is 7.89. The van der Waals surface area contributed by atoms with Gasteiger partial charge in [0.15, 0.2) is 0 Å². The van der Waals surface area contributed by atoms with Gasteiger partial charge in [-0.25, -0.2) is 17.5 Å². The van der Waals surface area contributed by atoms with Crippen LogP contribution in [0.3, 0.4) is 0 Å². The van der Waals surface area contributed by atoms with E-state index in [1.54, 1.807) is 0 Å². The fourth-order valence-electron chi connectivity index (χ4n) is 2.21. The minimum atomic E-state index is -3.98. The molecule has 0 unspecified atom stereocenters. The Morgan fingerprint density at radius 2 is 2.00 bits per heavy atom. The van der Waals surface area contributed by atoms with Crippen LogP contribution in [0.25, 0.3) is 0 Å². The summed E-state index contributed by atoms with van der Waals surface area (Å²) >= 11 is 5.57. The van der Waals surface area contributed by atoms with Crippen molar-refractivity contribution in [2.24, 2.45) is 0 Å². The lowest BCUT2D eigenvalue weighted by atomic mass is 10.0. The van der Waals surface area contributed by atoms with Crippen molar-refractivity contribution in [2.45, 2.75) is 36.2 Å². The van der Waals surface area contributed by atoms with Crippen LogP contribution < -0.4 is 4.72 Å². The predicted molar refractivity (Wildman–Crippen MR) is 70.0 cm³/mol. The van der Waals surface area contributed by atoms with E-state index in [4.69, 9.17) is 11.6 Å². The van der Waals surface area contributed by atoms with Gasteiger partial charge in [0, 0.05) is 11.6 Å². The first-order valence-electron chi connectivity index (χ1n) is 6.00. The minimum Gasteiger partial charge on any atom is -0.389 e. The van der Waals surface area contributed by atoms with Crippen molar-refractivity contribution in [3.05, 3.63) is 29.0 Å². The number of nitrogens with one attached hydrogen (secondary N) is 1. The predicted octanol–water partition coefficient (Wildman–Crippen LogP) is 2.06. The van der Waals surface area contributed by atoms with Gasteiger partial charge in [-0.3, -0.25) is 0 Å². The molecule has 106 valence electrons. The summed E-state index contributed by atoms with van der Waals surface area (Å²) in [4.78, 5) is -0.460. The van der Waals surface area contributed by atoms with E-state index < -0.39 is 26.3 Å². The Balaban J connectivity index is 2.14. The molecule has 0 radical (unpaired) electrons. The second-order valence-electron chi connectivity index (χ2n) is 4.83. The summed E-state index contributed by atoms with van der Waals surface area (Å²) in [6.45, 7) is -0.0998. The monoisotopic (exact) mass is 307 g/mol. The average molecular weight is 308 g/mol. The Kier molecular flexibility index (Phi) is 4.15. The minimum absolute atomic E-state index is 0.0998. The van der Waals surface area contributed by atoms with Gasteiger partial charge in [-0.15, -0.1) is 0 Å². The van der Waals surface area contributed by atoms with Crippen LogP contribution in [0, 0.1) is 5.82 Å². The summed E-state index contributed by atoms with van der Waals surface area (Å²) in [6, 6.07) is 3.36. The lowest BCUT2D eigenvalue weighted by Crippen LogP contribution is -2.40. The molecule has 0 saturated heterocycles. The van der Waals surface area contributed by atoms with Gasteiger partial charge in [-0.05, 0) is 31.0 Å². The number of sulfonamides is 1. The molecule has 19 heavy (non-hydrogen) atoms. The summed E-state index contributed by atoms with van der Waals surface area (Å²) in [6.07, 6.45) is 2.85. The zero-order valence-corrected chi connectivity index (χ0v) is 11.8. The third-order valence-electron chi connectivity index (χ3n) is 3.31. The quantitative estimate of drug-likeness (QED) is 0.895. The molecule has 1 saturated carbocycles. The Morgan fingerprint density at radius 1 is 1.37 bits per heavy atom. The van der Waals surface area contributed by atoms with Crippen molar-refractivity contribution < 1.29 is 17.9 Å². The highest BCUT2D eigenvalue weighted by atomic mass is 35.5. The van der Waals surface area contributed by atoms with Crippen LogP contribution in [0.5, 0.6) is 0 Å². The Morgan fingerprint density at radius 3 is 2.58 bits per heavy atom. The average Bonchev–Trinajstić information content (AvgIpc) is 2.74. The first-order valence-corrected chi connectivity index (χ1v) is 7.86. The molecule has 0 bridgehead atoms.